The van der Waals surface area contributed by atoms with E-state index in [1.807, 2.05) is 43.3 Å². The summed E-state index contributed by atoms with van der Waals surface area (Å²) in [4.78, 5) is 27.9. The van der Waals surface area contributed by atoms with Crippen LogP contribution in [0.15, 0.2) is 48.5 Å². The Balaban J connectivity index is 1.36. The summed E-state index contributed by atoms with van der Waals surface area (Å²) in [5.41, 5.74) is 2.32. The number of para-hydroxylation sites is 1. The van der Waals surface area contributed by atoms with E-state index in [1.54, 1.807) is 17.0 Å². The molecule has 2 aromatic carbocycles. The lowest BCUT2D eigenvalue weighted by Gasteiger charge is -2.25. The van der Waals surface area contributed by atoms with Crippen molar-refractivity contribution in [3.8, 4) is 5.75 Å². The number of hydrogen-bond donors (Lipinski definition) is 2. The van der Waals surface area contributed by atoms with Crippen LogP contribution in [0.1, 0.15) is 55.8 Å². The zero-order valence-corrected chi connectivity index (χ0v) is 18.8. The number of carbonyl (C=O) groups is 2. The molecule has 6 nitrogen and oxygen atoms in total. The van der Waals surface area contributed by atoms with Gasteiger partial charge in [0.15, 0.2) is 0 Å². The molecule has 32 heavy (non-hydrogen) atoms. The van der Waals surface area contributed by atoms with Crippen LogP contribution < -0.4 is 15.4 Å². The van der Waals surface area contributed by atoms with Crippen molar-refractivity contribution in [2.75, 3.05) is 30.3 Å². The van der Waals surface area contributed by atoms with Gasteiger partial charge in [0.05, 0.1) is 12.2 Å². The molecule has 2 N–H and O–H groups in total. The molecule has 1 aliphatic heterocycles. The molecule has 1 aliphatic carbocycles. The molecule has 1 unspecified atom stereocenters. The molecule has 1 saturated carbocycles. The minimum absolute atomic E-state index is 0.142. The second-order valence-electron chi connectivity index (χ2n) is 8.68. The topological polar surface area (TPSA) is 70.7 Å². The van der Waals surface area contributed by atoms with Crippen LogP contribution in [-0.4, -0.2) is 42.5 Å². The average Bonchev–Trinajstić information content (AvgIpc) is 3.51. The Kier molecular flexibility index (Phi) is 7.30. The van der Waals surface area contributed by atoms with Gasteiger partial charge in [0.25, 0.3) is 5.91 Å². The van der Waals surface area contributed by atoms with Crippen LogP contribution in [-0.2, 0) is 4.79 Å². The van der Waals surface area contributed by atoms with E-state index in [4.69, 9.17) is 4.74 Å². The molecule has 170 valence electrons. The Morgan fingerprint density at radius 3 is 2.44 bits per heavy atom. The van der Waals surface area contributed by atoms with Gasteiger partial charge in [-0.3, -0.25) is 9.59 Å². The monoisotopic (exact) mass is 435 g/mol. The lowest BCUT2D eigenvalue weighted by molar-refractivity contribution is -0.119. The van der Waals surface area contributed by atoms with Crippen LogP contribution in [0, 0.1) is 5.92 Å². The summed E-state index contributed by atoms with van der Waals surface area (Å²) in [6.45, 7) is 3.96. The molecule has 0 aromatic heterocycles. The van der Waals surface area contributed by atoms with Crippen LogP contribution in [0.5, 0.6) is 5.75 Å². The van der Waals surface area contributed by atoms with Crippen LogP contribution in [0.3, 0.4) is 0 Å². The van der Waals surface area contributed by atoms with Crippen molar-refractivity contribution in [3.63, 3.8) is 0 Å². The fraction of sp³-hybridized carbons (Fsp3) is 0.462. The molecule has 4 rings (SSSR count). The second kappa shape index (κ2) is 10.5. The number of nitrogens with zero attached hydrogens (tertiary/aromatic N) is 1. The Labute approximate surface area is 190 Å². The van der Waals surface area contributed by atoms with E-state index >= 15 is 0 Å². The largest absolute Gasteiger partial charge is 0.493 e. The van der Waals surface area contributed by atoms with Crippen LogP contribution >= 0.6 is 0 Å². The molecule has 2 aliphatic rings. The number of carbonyl (C=O) groups excluding carboxylic acids is 2. The van der Waals surface area contributed by atoms with Crippen molar-refractivity contribution in [2.45, 2.75) is 51.5 Å². The van der Waals surface area contributed by atoms with Crippen molar-refractivity contribution in [1.82, 2.24) is 4.90 Å². The predicted molar refractivity (Wildman–Crippen MR) is 127 cm³/mol. The molecule has 2 amide bonds. The highest BCUT2D eigenvalue weighted by Gasteiger charge is 2.35. The van der Waals surface area contributed by atoms with Gasteiger partial charge in [-0.25, -0.2) is 0 Å². The lowest BCUT2D eigenvalue weighted by Crippen LogP contribution is -2.43. The van der Waals surface area contributed by atoms with Crippen LogP contribution in [0.25, 0.3) is 0 Å². The van der Waals surface area contributed by atoms with Gasteiger partial charge in [-0.15, -0.1) is 0 Å². The number of benzene rings is 2. The van der Waals surface area contributed by atoms with Gasteiger partial charge >= 0.3 is 0 Å². The summed E-state index contributed by atoms with van der Waals surface area (Å²) in [6.07, 6.45) is 6.78. The van der Waals surface area contributed by atoms with Crippen molar-refractivity contribution in [1.29, 1.82) is 0 Å². The maximum absolute atomic E-state index is 13.2. The van der Waals surface area contributed by atoms with Gasteiger partial charge in [-0.05, 0) is 74.9 Å². The van der Waals surface area contributed by atoms with Crippen molar-refractivity contribution >= 4 is 23.2 Å². The minimum atomic E-state index is -0.475. The second-order valence-corrected chi connectivity index (χ2v) is 8.68. The Morgan fingerprint density at radius 1 is 0.969 bits per heavy atom. The highest BCUT2D eigenvalue weighted by Crippen LogP contribution is 2.27. The third-order valence-corrected chi connectivity index (χ3v) is 6.46. The van der Waals surface area contributed by atoms with Gasteiger partial charge < -0.3 is 20.3 Å². The average molecular weight is 436 g/mol. The fourth-order valence-corrected chi connectivity index (χ4v) is 4.74. The number of amides is 2. The van der Waals surface area contributed by atoms with Crippen molar-refractivity contribution in [2.24, 2.45) is 5.92 Å². The first-order valence-corrected chi connectivity index (χ1v) is 11.8. The molecule has 0 radical (unpaired) electrons. The van der Waals surface area contributed by atoms with E-state index in [1.165, 1.54) is 25.7 Å². The van der Waals surface area contributed by atoms with Crippen LogP contribution in [0.4, 0.5) is 11.4 Å². The first-order valence-electron chi connectivity index (χ1n) is 11.8. The molecule has 0 bridgehead atoms. The van der Waals surface area contributed by atoms with E-state index in [-0.39, 0.29) is 11.8 Å². The summed E-state index contributed by atoms with van der Waals surface area (Å²) >= 11 is 0. The number of ether oxygens (including phenoxy) is 1. The highest BCUT2D eigenvalue weighted by atomic mass is 16.5. The normalized spacial score (nSPS) is 18.5. The van der Waals surface area contributed by atoms with E-state index in [0.29, 0.717) is 30.9 Å². The molecule has 2 fully saturated rings. The van der Waals surface area contributed by atoms with E-state index < -0.39 is 6.04 Å². The quantitative estimate of drug-likeness (QED) is 0.617. The summed E-state index contributed by atoms with van der Waals surface area (Å²) in [6, 6.07) is 14.6. The van der Waals surface area contributed by atoms with E-state index in [0.717, 1.165) is 30.3 Å². The SMILES string of the molecule is CCOc1ccccc1C(=O)N1CCCC1C(=O)Nc1ccc(NCC2CCCC2)cc1. The number of hydrogen-bond acceptors (Lipinski definition) is 4. The van der Waals surface area contributed by atoms with E-state index in [9.17, 15) is 9.59 Å². The van der Waals surface area contributed by atoms with E-state index in [2.05, 4.69) is 10.6 Å². The molecule has 2 aromatic rings. The zero-order valence-electron chi connectivity index (χ0n) is 18.8. The molecular weight excluding hydrogens is 402 g/mol. The maximum Gasteiger partial charge on any atom is 0.258 e. The first-order chi connectivity index (χ1) is 15.7. The van der Waals surface area contributed by atoms with Crippen molar-refractivity contribution in [3.05, 3.63) is 54.1 Å². The minimum Gasteiger partial charge on any atom is -0.493 e. The van der Waals surface area contributed by atoms with Gasteiger partial charge in [-0.1, -0.05) is 25.0 Å². The Bertz CT molecular complexity index is 922. The lowest BCUT2D eigenvalue weighted by atomic mass is 10.1. The third kappa shape index (κ3) is 5.23. The predicted octanol–water partition coefficient (Wildman–Crippen LogP) is 4.93. The Morgan fingerprint density at radius 2 is 1.69 bits per heavy atom. The third-order valence-electron chi connectivity index (χ3n) is 6.46. The van der Waals surface area contributed by atoms with Gasteiger partial charge in [-0.2, -0.15) is 0 Å². The van der Waals surface area contributed by atoms with Gasteiger partial charge in [0.1, 0.15) is 11.8 Å². The molecule has 1 heterocycles. The standard InChI is InChI=1S/C26H33N3O3/c1-2-32-24-12-6-5-10-22(24)26(31)29-17-7-11-23(29)25(30)28-21-15-13-20(14-16-21)27-18-19-8-3-4-9-19/h5-6,10,12-16,19,23,27H,2-4,7-9,11,17-18H2,1H3,(H,28,30). The zero-order chi connectivity index (χ0) is 22.3. The number of likely N-dealkylation sites (tertiary alicyclic amines) is 1. The maximum atomic E-state index is 13.2. The summed E-state index contributed by atoms with van der Waals surface area (Å²) in [7, 11) is 0. The molecular formula is C26H33N3O3. The summed E-state index contributed by atoms with van der Waals surface area (Å²) in [5.74, 6) is 1.04. The molecule has 0 spiro atoms. The number of anilines is 2. The van der Waals surface area contributed by atoms with Gasteiger partial charge in [0, 0.05) is 24.5 Å². The van der Waals surface area contributed by atoms with Crippen LogP contribution in [0.2, 0.25) is 0 Å². The molecule has 1 saturated heterocycles. The number of rotatable bonds is 8. The molecule has 6 heteroatoms. The van der Waals surface area contributed by atoms with Gasteiger partial charge in [0.2, 0.25) is 5.91 Å². The molecule has 1 atom stereocenters. The fourth-order valence-electron chi connectivity index (χ4n) is 4.74. The van der Waals surface area contributed by atoms with Crippen molar-refractivity contribution < 1.29 is 14.3 Å². The Hall–Kier alpha value is -3.02. The summed E-state index contributed by atoms with van der Waals surface area (Å²) in [5, 5.41) is 6.49. The summed E-state index contributed by atoms with van der Waals surface area (Å²) < 4.78 is 5.62. The first kappa shape index (κ1) is 22.2. The smallest absolute Gasteiger partial charge is 0.258 e. The number of nitrogens with one attached hydrogen (secondary N) is 2. The highest BCUT2D eigenvalue weighted by molar-refractivity contribution is 6.02.